The minimum Gasteiger partial charge on any atom is -0.357 e. The standard InChI is InChI=1S/C18H21F3N4.HI/c1-3-22-17(25-12-16-13(2)5-4-10-23-16)24-11-14-6-8-15(9-7-14)18(19,20)21;/h4-10H,3,11-12H2,1-2H3,(H2,22,24,25);1H. The van der Waals surface area contributed by atoms with Gasteiger partial charge in [0.2, 0.25) is 0 Å². The molecule has 8 heteroatoms. The van der Waals surface area contributed by atoms with Crippen LogP contribution in [0.1, 0.15) is 29.3 Å². The van der Waals surface area contributed by atoms with Crippen molar-refractivity contribution in [3.05, 3.63) is 65.0 Å². The Bertz CT molecular complexity index is 715. The highest BCUT2D eigenvalue weighted by atomic mass is 127. The lowest BCUT2D eigenvalue weighted by molar-refractivity contribution is -0.137. The summed E-state index contributed by atoms with van der Waals surface area (Å²) in [6, 6.07) is 8.89. The van der Waals surface area contributed by atoms with Gasteiger partial charge < -0.3 is 10.6 Å². The Hall–Kier alpha value is -1.84. The number of halogens is 4. The molecule has 4 nitrogen and oxygen atoms in total. The second-order valence-electron chi connectivity index (χ2n) is 5.51. The summed E-state index contributed by atoms with van der Waals surface area (Å²) < 4.78 is 37.7. The van der Waals surface area contributed by atoms with Crippen LogP contribution in [0.25, 0.3) is 0 Å². The SMILES string of the molecule is CCNC(=NCc1ccc(C(F)(F)F)cc1)NCc1ncccc1C.I. The topological polar surface area (TPSA) is 49.3 Å². The predicted molar refractivity (Wildman–Crippen MR) is 107 cm³/mol. The lowest BCUT2D eigenvalue weighted by Gasteiger charge is -2.12. The van der Waals surface area contributed by atoms with Crippen molar-refractivity contribution in [2.24, 2.45) is 4.99 Å². The van der Waals surface area contributed by atoms with Crippen molar-refractivity contribution in [1.82, 2.24) is 15.6 Å². The van der Waals surface area contributed by atoms with E-state index in [1.54, 1.807) is 6.20 Å². The van der Waals surface area contributed by atoms with Crippen molar-refractivity contribution >= 4 is 29.9 Å². The number of aromatic nitrogens is 1. The first-order chi connectivity index (χ1) is 11.9. The number of benzene rings is 1. The average molecular weight is 478 g/mol. The summed E-state index contributed by atoms with van der Waals surface area (Å²) in [4.78, 5) is 8.72. The van der Waals surface area contributed by atoms with Gasteiger partial charge in [0, 0.05) is 12.7 Å². The summed E-state index contributed by atoms with van der Waals surface area (Å²) in [6.45, 7) is 5.41. The highest BCUT2D eigenvalue weighted by Gasteiger charge is 2.29. The van der Waals surface area contributed by atoms with Gasteiger partial charge in [0.15, 0.2) is 5.96 Å². The molecule has 0 saturated carbocycles. The van der Waals surface area contributed by atoms with Crippen LogP contribution in [-0.2, 0) is 19.3 Å². The van der Waals surface area contributed by atoms with E-state index in [0.717, 1.165) is 23.4 Å². The summed E-state index contributed by atoms with van der Waals surface area (Å²) in [7, 11) is 0. The molecule has 0 bridgehead atoms. The first kappa shape index (κ1) is 22.2. The predicted octanol–water partition coefficient (Wildman–Crippen LogP) is 4.28. The fraction of sp³-hybridized carbons (Fsp3) is 0.333. The second-order valence-corrected chi connectivity index (χ2v) is 5.51. The molecule has 1 aromatic carbocycles. The lowest BCUT2D eigenvalue weighted by Crippen LogP contribution is -2.37. The Kier molecular flexibility index (Phi) is 8.83. The molecule has 0 atom stereocenters. The monoisotopic (exact) mass is 478 g/mol. The Morgan fingerprint density at radius 3 is 2.38 bits per heavy atom. The van der Waals surface area contributed by atoms with E-state index in [-0.39, 0.29) is 30.5 Å². The molecule has 1 heterocycles. The first-order valence-corrected chi connectivity index (χ1v) is 7.99. The summed E-state index contributed by atoms with van der Waals surface area (Å²) in [5.74, 6) is 0.590. The number of pyridine rings is 1. The van der Waals surface area contributed by atoms with E-state index in [2.05, 4.69) is 20.6 Å². The first-order valence-electron chi connectivity index (χ1n) is 7.99. The van der Waals surface area contributed by atoms with Gasteiger partial charge in [-0.25, -0.2) is 4.99 Å². The van der Waals surface area contributed by atoms with Crippen molar-refractivity contribution in [1.29, 1.82) is 0 Å². The molecule has 2 aromatic rings. The van der Waals surface area contributed by atoms with E-state index in [0.29, 0.717) is 24.6 Å². The van der Waals surface area contributed by atoms with Crippen molar-refractivity contribution < 1.29 is 13.2 Å². The highest BCUT2D eigenvalue weighted by molar-refractivity contribution is 14.0. The van der Waals surface area contributed by atoms with Crippen LogP contribution in [0.2, 0.25) is 0 Å². The number of rotatable bonds is 5. The van der Waals surface area contributed by atoms with Crippen molar-refractivity contribution in [2.45, 2.75) is 33.1 Å². The number of hydrogen-bond acceptors (Lipinski definition) is 2. The molecule has 0 amide bonds. The summed E-state index contributed by atoms with van der Waals surface area (Å²) in [5.41, 5.74) is 2.05. The van der Waals surface area contributed by atoms with Gasteiger partial charge in [-0.15, -0.1) is 24.0 Å². The van der Waals surface area contributed by atoms with Crippen LogP contribution >= 0.6 is 24.0 Å². The molecule has 0 aliphatic rings. The molecule has 0 radical (unpaired) electrons. The molecule has 0 spiro atoms. The van der Waals surface area contributed by atoms with E-state index in [9.17, 15) is 13.2 Å². The summed E-state index contributed by atoms with van der Waals surface area (Å²) >= 11 is 0. The van der Waals surface area contributed by atoms with Gasteiger partial charge in [0.05, 0.1) is 24.3 Å². The minimum absolute atomic E-state index is 0. The maximum absolute atomic E-state index is 12.6. The third-order valence-corrected chi connectivity index (χ3v) is 3.59. The maximum atomic E-state index is 12.6. The number of guanidine groups is 1. The third-order valence-electron chi connectivity index (χ3n) is 3.59. The van der Waals surface area contributed by atoms with Crippen molar-refractivity contribution in [3.63, 3.8) is 0 Å². The Balaban J connectivity index is 0.00000338. The Morgan fingerprint density at radius 2 is 1.81 bits per heavy atom. The molecule has 2 rings (SSSR count). The van der Waals surface area contributed by atoms with Gasteiger partial charge in [0.1, 0.15) is 0 Å². The maximum Gasteiger partial charge on any atom is 0.416 e. The zero-order valence-corrected chi connectivity index (χ0v) is 16.9. The number of nitrogens with zero attached hydrogens (tertiary/aromatic N) is 2. The average Bonchev–Trinajstić information content (AvgIpc) is 2.58. The van der Waals surface area contributed by atoms with Crippen LogP contribution in [0.5, 0.6) is 0 Å². The fourth-order valence-corrected chi connectivity index (χ4v) is 2.18. The molecular formula is C18H22F3IN4. The molecule has 142 valence electrons. The van der Waals surface area contributed by atoms with E-state index in [1.165, 1.54) is 12.1 Å². The minimum atomic E-state index is -4.32. The Morgan fingerprint density at radius 1 is 1.12 bits per heavy atom. The molecule has 1 aromatic heterocycles. The van der Waals surface area contributed by atoms with Crippen LogP contribution in [0.4, 0.5) is 13.2 Å². The number of hydrogen-bond donors (Lipinski definition) is 2. The smallest absolute Gasteiger partial charge is 0.357 e. The van der Waals surface area contributed by atoms with Crippen molar-refractivity contribution in [2.75, 3.05) is 6.54 Å². The van der Waals surface area contributed by atoms with Gasteiger partial charge in [-0.2, -0.15) is 13.2 Å². The van der Waals surface area contributed by atoms with E-state index in [4.69, 9.17) is 0 Å². The molecule has 26 heavy (non-hydrogen) atoms. The van der Waals surface area contributed by atoms with E-state index < -0.39 is 11.7 Å². The zero-order chi connectivity index (χ0) is 18.3. The van der Waals surface area contributed by atoms with Crippen LogP contribution < -0.4 is 10.6 Å². The normalized spacial score (nSPS) is 11.7. The van der Waals surface area contributed by atoms with Gasteiger partial charge >= 0.3 is 6.18 Å². The van der Waals surface area contributed by atoms with Gasteiger partial charge in [-0.05, 0) is 43.2 Å². The molecule has 0 aliphatic heterocycles. The van der Waals surface area contributed by atoms with Gasteiger partial charge in [-0.1, -0.05) is 18.2 Å². The summed E-state index contributed by atoms with van der Waals surface area (Å²) in [6.07, 6.45) is -2.59. The third kappa shape index (κ3) is 6.81. The van der Waals surface area contributed by atoms with Crippen LogP contribution in [0.15, 0.2) is 47.6 Å². The number of aryl methyl sites for hydroxylation is 1. The quantitative estimate of drug-likeness (QED) is 0.383. The van der Waals surface area contributed by atoms with Gasteiger partial charge in [0.25, 0.3) is 0 Å². The molecule has 2 N–H and O–H groups in total. The number of nitrogens with one attached hydrogen (secondary N) is 2. The molecule has 0 aliphatic carbocycles. The molecule has 0 unspecified atom stereocenters. The van der Waals surface area contributed by atoms with Crippen LogP contribution in [0, 0.1) is 6.92 Å². The Labute approximate surface area is 168 Å². The number of alkyl halides is 3. The lowest BCUT2D eigenvalue weighted by atomic mass is 10.1. The zero-order valence-electron chi connectivity index (χ0n) is 14.6. The van der Waals surface area contributed by atoms with Crippen molar-refractivity contribution in [3.8, 4) is 0 Å². The van der Waals surface area contributed by atoms with E-state index >= 15 is 0 Å². The van der Waals surface area contributed by atoms with Gasteiger partial charge in [-0.3, -0.25) is 4.98 Å². The van der Waals surface area contributed by atoms with Crippen LogP contribution in [-0.4, -0.2) is 17.5 Å². The highest BCUT2D eigenvalue weighted by Crippen LogP contribution is 2.29. The summed E-state index contributed by atoms with van der Waals surface area (Å²) in [5, 5.41) is 6.29. The fourth-order valence-electron chi connectivity index (χ4n) is 2.18. The molecule has 0 fully saturated rings. The molecule has 0 saturated heterocycles. The number of aliphatic imine (C=N–C) groups is 1. The second kappa shape index (κ2) is 10.3. The molecular weight excluding hydrogens is 456 g/mol. The largest absolute Gasteiger partial charge is 0.416 e. The van der Waals surface area contributed by atoms with E-state index in [1.807, 2.05) is 26.0 Å². The van der Waals surface area contributed by atoms with Crippen LogP contribution in [0.3, 0.4) is 0 Å².